The highest BCUT2D eigenvalue weighted by atomic mass is 79.9. The van der Waals surface area contributed by atoms with E-state index in [1.54, 1.807) is 6.07 Å². The first-order valence-electron chi connectivity index (χ1n) is 5.61. The smallest absolute Gasteiger partial charge is 0.263 e. The summed E-state index contributed by atoms with van der Waals surface area (Å²) < 4.78 is 27.7. The molecular weight excluding hydrogens is 378 g/mol. The number of hydrogen-bond acceptors (Lipinski definition) is 4. The molecule has 2 aromatic rings. The van der Waals surface area contributed by atoms with Gasteiger partial charge in [0.25, 0.3) is 10.0 Å². The average Bonchev–Trinajstić information content (AvgIpc) is 2.40. The van der Waals surface area contributed by atoms with Crippen LogP contribution in [0.2, 0.25) is 5.02 Å². The fourth-order valence-corrected chi connectivity index (χ4v) is 3.40. The van der Waals surface area contributed by atoms with Gasteiger partial charge in [0.05, 0.1) is 16.9 Å². The van der Waals surface area contributed by atoms with Gasteiger partial charge in [-0.2, -0.15) is 5.26 Å². The molecule has 2 rings (SSSR count). The van der Waals surface area contributed by atoms with Crippen molar-refractivity contribution in [2.75, 3.05) is 10.5 Å². The molecule has 0 saturated heterocycles. The Balaban J connectivity index is 2.45. The lowest BCUT2D eigenvalue weighted by Gasteiger charge is -2.11. The van der Waals surface area contributed by atoms with Crippen molar-refractivity contribution in [3.05, 3.63) is 51.5 Å². The summed E-state index contributed by atoms with van der Waals surface area (Å²) >= 11 is 8.97. The fraction of sp³-hybridized carbons (Fsp3) is 0. The van der Waals surface area contributed by atoms with Gasteiger partial charge in [-0.15, -0.1) is 0 Å². The van der Waals surface area contributed by atoms with Crippen molar-refractivity contribution in [1.82, 2.24) is 0 Å². The Hall–Kier alpha value is -1.75. The van der Waals surface area contributed by atoms with Gasteiger partial charge in [-0.05, 0) is 36.4 Å². The Morgan fingerprint density at radius 2 is 1.95 bits per heavy atom. The van der Waals surface area contributed by atoms with Crippen LogP contribution in [0.25, 0.3) is 0 Å². The van der Waals surface area contributed by atoms with Gasteiger partial charge in [-0.1, -0.05) is 27.5 Å². The van der Waals surface area contributed by atoms with Crippen LogP contribution in [0, 0.1) is 11.3 Å². The molecule has 0 atom stereocenters. The van der Waals surface area contributed by atoms with Crippen molar-refractivity contribution in [1.29, 1.82) is 5.26 Å². The Labute approximate surface area is 135 Å². The molecule has 2 aromatic carbocycles. The summed E-state index contributed by atoms with van der Waals surface area (Å²) in [7, 11) is -3.91. The highest BCUT2D eigenvalue weighted by Gasteiger charge is 2.19. The normalized spacial score (nSPS) is 10.9. The van der Waals surface area contributed by atoms with Crippen molar-refractivity contribution in [3.63, 3.8) is 0 Å². The minimum absolute atomic E-state index is 0.0330. The molecule has 0 aliphatic heterocycles. The maximum absolute atomic E-state index is 12.3. The summed E-state index contributed by atoms with van der Waals surface area (Å²) in [5, 5.41) is 9.39. The molecule has 0 saturated carbocycles. The molecule has 0 amide bonds. The van der Waals surface area contributed by atoms with Crippen molar-refractivity contribution in [2.24, 2.45) is 0 Å². The second kappa shape index (κ2) is 5.93. The molecule has 0 heterocycles. The molecule has 0 aliphatic rings. The first-order chi connectivity index (χ1) is 9.83. The summed E-state index contributed by atoms with van der Waals surface area (Å²) in [6.07, 6.45) is 0. The van der Waals surface area contributed by atoms with Gasteiger partial charge in [0, 0.05) is 9.50 Å². The zero-order chi connectivity index (χ0) is 15.6. The van der Waals surface area contributed by atoms with E-state index in [0.29, 0.717) is 9.50 Å². The highest BCUT2D eigenvalue weighted by molar-refractivity contribution is 9.10. The molecule has 21 heavy (non-hydrogen) atoms. The van der Waals surface area contributed by atoms with Crippen LogP contribution in [0.15, 0.2) is 45.8 Å². The zero-order valence-electron chi connectivity index (χ0n) is 10.5. The van der Waals surface area contributed by atoms with Crippen LogP contribution in [0.5, 0.6) is 0 Å². The van der Waals surface area contributed by atoms with Gasteiger partial charge >= 0.3 is 0 Å². The summed E-state index contributed by atoms with van der Waals surface area (Å²) in [5.74, 6) is 0. The van der Waals surface area contributed by atoms with Gasteiger partial charge < -0.3 is 5.73 Å². The van der Waals surface area contributed by atoms with E-state index in [0.717, 1.165) is 0 Å². The summed E-state index contributed by atoms with van der Waals surface area (Å²) in [6.45, 7) is 0. The summed E-state index contributed by atoms with van der Waals surface area (Å²) in [4.78, 5) is -0.0984. The van der Waals surface area contributed by atoms with E-state index >= 15 is 0 Å². The molecule has 0 unspecified atom stereocenters. The lowest BCUT2D eigenvalue weighted by Crippen LogP contribution is -2.15. The average molecular weight is 387 g/mol. The second-order valence-corrected chi connectivity index (χ2v) is 7.09. The molecule has 3 N–H and O–H groups in total. The number of benzene rings is 2. The predicted molar refractivity (Wildman–Crippen MR) is 85.5 cm³/mol. The monoisotopic (exact) mass is 385 g/mol. The molecule has 0 bridgehead atoms. The number of anilines is 2. The number of rotatable bonds is 3. The van der Waals surface area contributed by atoms with Crippen LogP contribution in [0.4, 0.5) is 11.4 Å². The van der Waals surface area contributed by atoms with Crippen molar-refractivity contribution < 1.29 is 8.42 Å². The number of nitriles is 1. The summed E-state index contributed by atoms with van der Waals surface area (Å²) in [6, 6.07) is 10.7. The van der Waals surface area contributed by atoms with Crippen LogP contribution in [-0.4, -0.2) is 8.42 Å². The van der Waals surface area contributed by atoms with Crippen LogP contribution in [0.1, 0.15) is 5.56 Å². The zero-order valence-corrected chi connectivity index (χ0v) is 13.6. The molecule has 5 nitrogen and oxygen atoms in total. The first kappa shape index (κ1) is 15.6. The maximum atomic E-state index is 12.3. The summed E-state index contributed by atoms with van der Waals surface area (Å²) in [5.41, 5.74) is 6.08. The van der Waals surface area contributed by atoms with E-state index in [9.17, 15) is 8.42 Å². The second-order valence-electron chi connectivity index (χ2n) is 4.09. The van der Waals surface area contributed by atoms with Gasteiger partial charge in [0.1, 0.15) is 11.0 Å². The number of sulfonamides is 1. The van der Waals surface area contributed by atoms with Gasteiger partial charge in [-0.25, -0.2) is 8.42 Å². The molecule has 0 radical (unpaired) electrons. The van der Waals surface area contributed by atoms with E-state index in [-0.39, 0.29) is 21.8 Å². The minimum Gasteiger partial charge on any atom is -0.398 e. The lowest BCUT2D eigenvalue weighted by molar-refractivity contribution is 0.601. The van der Waals surface area contributed by atoms with Gasteiger partial charge in [0.15, 0.2) is 0 Å². The third kappa shape index (κ3) is 3.47. The van der Waals surface area contributed by atoms with Crippen LogP contribution in [-0.2, 0) is 10.0 Å². The highest BCUT2D eigenvalue weighted by Crippen LogP contribution is 2.27. The maximum Gasteiger partial charge on any atom is 0.263 e. The Kier molecular flexibility index (Phi) is 4.42. The van der Waals surface area contributed by atoms with Crippen molar-refractivity contribution in [3.8, 4) is 6.07 Å². The van der Waals surface area contributed by atoms with Crippen molar-refractivity contribution in [2.45, 2.75) is 4.90 Å². The Morgan fingerprint density at radius 1 is 1.24 bits per heavy atom. The first-order valence-corrected chi connectivity index (χ1v) is 8.26. The van der Waals surface area contributed by atoms with Crippen molar-refractivity contribution >= 4 is 48.9 Å². The third-order valence-corrected chi connectivity index (χ3v) is 4.78. The van der Waals surface area contributed by atoms with E-state index in [4.69, 9.17) is 22.6 Å². The Bertz CT molecular complexity index is 847. The number of nitrogen functional groups attached to an aromatic ring is 1. The molecule has 0 spiro atoms. The topological polar surface area (TPSA) is 96.0 Å². The molecule has 0 aromatic heterocycles. The largest absolute Gasteiger partial charge is 0.398 e. The van der Waals surface area contributed by atoms with Gasteiger partial charge in [0.2, 0.25) is 0 Å². The quantitative estimate of drug-likeness (QED) is 0.791. The molecule has 0 fully saturated rings. The number of hydrogen-bond donors (Lipinski definition) is 2. The van der Waals surface area contributed by atoms with Crippen LogP contribution >= 0.6 is 27.5 Å². The fourth-order valence-electron chi connectivity index (χ4n) is 1.66. The SMILES string of the molecule is N#Cc1cc(Br)ccc1NS(=O)(=O)c1ccc(Cl)cc1N. The number of nitrogens with two attached hydrogens (primary N) is 1. The number of nitrogens with zero attached hydrogens (tertiary/aromatic N) is 1. The molecular formula is C13H9BrClN3O2S. The number of nitrogens with one attached hydrogen (secondary N) is 1. The van der Waals surface area contributed by atoms with Crippen LogP contribution < -0.4 is 10.5 Å². The van der Waals surface area contributed by atoms with E-state index in [1.807, 2.05) is 6.07 Å². The van der Waals surface area contributed by atoms with E-state index in [1.165, 1.54) is 30.3 Å². The predicted octanol–water partition coefficient (Wildman–Crippen LogP) is 3.36. The Morgan fingerprint density at radius 3 is 2.57 bits per heavy atom. The molecule has 108 valence electrons. The van der Waals surface area contributed by atoms with E-state index < -0.39 is 10.0 Å². The van der Waals surface area contributed by atoms with Gasteiger partial charge in [-0.3, -0.25) is 4.72 Å². The third-order valence-electron chi connectivity index (χ3n) is 2.61. The minimum atomic E-state index is -3.91. The molecule has 8 heteroatoms. The number of halogens is 2. The standard InChI is InChI=1S/C13H9BrClN3O2S/c14-9-1-3-12(8(5-9)7-16)18-21(19,20)13-4-2-10(15)6-11(13)17/h1-6,18H,17H2. The van der Waals surface area contributed by atoms with E-state index in [2.05, 4.69) is 20.7 Å². The molecule has 0 aliphatic carbocycles. The van der Waals surface area contributed by atoms with Crippen LogP contribution in [0.3, 0.4) is 0 Å². The lowest BCUT2D eigenvalue weighted by atomic mass is 10.2.